The van der Waals surface area contributed by atoms with E-state index in [0.717, 1.165) is 6.92 Å². The molecule has 48 valence electrons. The van der Waals surface area contributed by atoms with E-state index in [0.29, 0.717) is 0 Å². The molecular formula is C3H4MgO5. The van der Waals surface area contributed by atoms with Gasteiger partial charge in [-0.1, -0.05) is 0 Å². The number of rotatable bonds is 0. The van der Waals surface area contributed by atoms with E-state index >= 15 is 0 Å². The predicted molar refractivity (Wildman–Crippen MR) is 24.5 cm³/mol. The molecule has 0 aliphatic carbocycles. The maximum atomic E-state index is 8.89. The SMILES string of the molecule is CC(=O)[O-].O=C([O-])O.[Mg+2]. The van der Waals surface area contributed by atoms with E-state index in [4.69, 9.17) is 24.9 Å². The van der Waals surface area contributed by atoms with Crippen LogP contribution in [0.25, 0.3) is 0 Å². The summed E-state index contributed by atoms with van der Waals surface area (Å²) >= 11 is 0. The smallest absolute Gasteiger partial charge is 0.565 e. The van der Waals surface area contributed by atoms with Gasteiger partial charge in [-0.15, -0.1) is 0 Å². The largest absolute Gasteiger partial charge is 2.00 e. The Kier molecular flexibility index (Phi) is 18.4. The monoisotopic (exact) mass is 144 g/mol. The summed E-state index contributed by atoms with van der Waals surface area (Å²) in [5.41, 5.74) is 0. The first-order valence-electron chi connectivity index (χ1n) is 1.54. The zero-order valence-corrected chi connectivity index (χ0v) is 6.20. The van der Waals surface area contributed by atoms with Gasteiger partial charge in [0.1, 0.15) is 0 Å². The average molecular weight is 144 g/mol. The third kappa shape index (κ3) is 933. The van der Waals surface area contributed by atoms with E-state index in [1.807, 2.05) is 0 Å². The maximum Gasteiger partial charge on any atom is 2.00 e. The van der Waals surface area contributed by atoms with Gasteiger partial charge in [0.05, 0.1) is 0 Å². The first kappa shape index (κ1) is 15.8. The van der Waals surface area contributed by atoms with Crippen molar-refractivity contribution in [3.63, 3.8) is 0 Å². The minimum absolute atomic E-state index is 0. The second kappa shape index (κ2) is 10.5. The summed E-state index contributed by atoms with van der Waals surface area (Å²) in [7, 11) is 0. The molecular weight excluding hydrogens is 140 g/mol. The second-order valence-corrected chi connectivity index (χ2v) is 0.757. The Bertz CT molecular complexity index is 70.2. The number of carbonyl (C=O) groups excluding carboxylic acids is 1. The minimum Gasteiger partial charge on any atom is -0.565 e. The third-order valence-corrected chi connectivity index (χ3v) is 0. The summed E-state index contributed by atoms with van der Waals surface area (Å²) < 4.78 is 0. The molecule has 0 fully saturated rings. The molecule has 0 aliphatic rings. The Morgan fingerprint density at radius 1 is 1.33 bits per heavy atom. The summed E-state index contributed by atoms with van der Waals surface area (Å²) in [6.45, 7) is 0.972. The Labute approximate surface area is 67.5 Å². The number of hydrogen-bond donors (Lipinski definition) is 1. The molecule has 6 heteroatoms. The molecule has 0 aromatic heterocycles. The van der Waals surface area contributed by atoms with E-state index in [1.54, 1.807) is 0 Å². The van der Waals surface area contributed by atoms with Crippen molar-refractivity contribution in [2.24, 2.45) is 0 Å². The molecule has 9 heavy (non-hydrogen) atoms. The van der Waals surface area contributed by atoms with Gasteiger partial charge >= 0.3 is 23.1 Å². The van der Waals surface area contributed by atoms with Gasteiger partial charge in [-0.05, 0) is 6.92 Å². The van der Waals surface area contributed by atoms with Crippen LogP contribution in [0.3, 0.4) is 0 Å². The van der Waals surface area contributed by atoms with Crippen LogP contribution < -0.4 is 10.2 Å². The second-order valence-electron chi connectivity index (χ2n) is 0.757. The topological polar surface area (TPSA) is 100 Å². The van der Waals surface area contributed by atoms with Crippen molar-refractivity contribution < 1.29 is 24.9 Å². The first-order chi connectivity index (χ1) is 3.46. The Hall–Kier alpha value is -0.494. The van der Waals surface area contributed by atoms with Crippen LogP contribution in [0.15, 0.2) is 0 Å². The van der Waals surface area contributed by atoms with E-state index in [1.165, 1.54) is 0 Å². The van der Waals surface area contributed by atoms with Gasteiger partial charge in [0.15, 0.2) is 0 Å². The van der Waals surface area contributed by atoms with Gasteiger partial charge in [-0.3, -0.25) is 0 Å². The fourth-order valence-corrected chi connectivity index (χ4v) is 0. The van der Waals surface area contributed by atoms with Crippen LogP contribution in [-0.4, -0.2) is 40.3 Å². The Balaban J connectivity index is -0.0000000720. The Morgan fingerprint density at radius 2 is 1.33 bits per heavy atom. The van der Waals surface area contributed by atoms with Crippen molar-refractivity contribution in [2.45, 2.75) is 6.92 Å². The molecule has 1 N–H and O–H groups in total. The third-order valence-electron chi connectivity index (χ3n) is 0. The molecule has 0 radical (unpaired) electrons. The summed E-state index contributed by atoms with van der Waals surface area (Å²) in [5.74, 6) is -1.08. The zero-order chi connectivity index (χ0) is 7.15. The summed E-state index contributed by atoms with van der Waals surface area (Å²) in [5, 5.41) is 24.2. The Morgan fingerprint density at radius 3 is 1.33 bits per heavy atom. The van der Waals surface area contributed by atoms with E-state index in [9.17, 15) is 0 Å². The molecule has 0 saturated carbocycles. The van der Waals surface area contributed by atoms with E-state index in [-0.39, 0.29) is 23.1 Å². The molecule has 5 nitrogen and oxygen atoms in total. The van der Waals surface area contributed by atoms with Crippen molar-refractivity contribution >= 4 is 35.2 Å². The van der Waals surface area contributed by atoms with Gasteiger partial charge < -0.3 is 24.9 Å². The number of aliphatic carboxylic acids is 1. The maximum absolute atomic E-state index is 8.89. The molecule has 0 saturated heterocycles. The number of carboxylic acids is 1. The standard InChI is InChI=1S/C2H4O2.CH2O3.Mg/c1-2(3)4;2-1(3)4;/h1H3,(H,3,4);(H2,2,3,4);/q;;+2/p-2. The van der Waals surface area contributed by atoms with Crippen molar-refractivity contribution in [1.82, 2.24) is 0 Å². The van der Waals surface area contributed by atoms with Crippen molar-refractivity contribution in [3.05, 3.63) is 0 Å². The zero-order valence-electron chi connectivity index (χ0n) is 4.79. The van der Waals surface area contributed by atoms with Gasteiger partial charge in [0, 0.05) is 5.97 Å². The van der Waals surface area contributed by atoms with Crippen LogP contribution in [0, 0.1) is 0 Å². The number of carbonyl (C=O) groups is 2. The van der Waals surface area contributed by atoms with Crippen LogP contribution >= 0.6 is 0 Å². The first-order valence-corrected chi connectivity index (χ1v) is 1.54. The predicted octanol–water partition coefficient (Wildman–Crippen LogP) is -2.74. The summed E-state index contributed by atoms with van der Waals surface area (Å²) in [4.78, 5) is 17.3. The molecule has 0 spiro atoms. The minimum atomic E-state index is -2.08. The average Bonchev–Trinajstić information content (AvgIpc) is 1.25. The fourth-order valence-electron chi connectivity index (χ4n) is 0. The molecule has 0 atom stereocenters. The van der Waals surface area contributed by atoms with Gasteiger partial charge in [0.2, 0.25) is 6.16 Å². The fraction of sp³-hybridized carbons (Fsp3) is 0.333. The van der Waals surface area contributed by atoms with E-state index in [2.05, 4.69) is 0 Å². The molecule has 0 unspecified atom stereocenters. The molecule has 0 bridgehead atoms. The van der Waals surface area contributed by atoms with Crippen LogP contribution in [-0.2, 0) is 4.79 Å². The molecule has 0 heterocycles. The molecule has 0 rings (SSSR count). The number of hydrogen-bond acceptors (Lipinski definition) is 4. The molecule has 0 aliphatic heterocycles. The van der Waals surface area contributed by atoms with Crippen LogP contribution in [0.1, 0.15) is 6.92 Å². The van der Waals surface area contributed by atoms with Crippen LogP contribution in [0.5, 0.6) is 0 Å². The summed E-state index contributed by atoms with van der Waals surface area (Å²) in [6, 6.07) is 0. The van der Waals surface area contributed by atoms with Crippen LogP contribution in [0.2, 0.25) is 0 Å². The van der Waals surface area contributed by atoms with Gasteiger partial charge in [-0.2, -0.15) is 0 Å². The molecule has 0 aromatic carbocycles. The van der Waals surface area contributed by atoms with Crippen molar-refractivity contribution in [3.8, 4) is 0 Å². The quantitative estimate of drug-likeness (QED) is 0.372. The molecule has 0 amide bonds. The van der Waals surface area contributed by atoms with Crippen LogP contribution in [0.4, 0.5) is 4.79 Å². The van der Waals surface area contributed by atoms with Gasteiger partial charge in [0.25, 0.3) is 0 Å². The van der Waals surface area contributed by atoms with E-state index < -0.39 is 12.1 Å². The van der Waals surface area contributed by atoms with Crippen molar-refractivity contribution in [2.75, 3.05) is 0 Å². The molecule has 0 aromatic rings. The van der Waals surface area contributed by atoms with Crippen molar-refractivity contribution in [1.29, 1.82) is 0 Å². The van der Waals surface area contributed by atoms with Gasteiger partial charge in [-0.25, -0.2) is 0 Å². The summed E-state index contributed by atoms with van der Waals surface area (Å²) in [6.07, 6.45) is -2.08. The number of carboxylic acid groups (broad SMARTS) is 3. The normalized spacial score (nSPS) is 5.44.